The van der Waals surface area contributed by atoms with Gasteiger partial charge in [-0.2, -0.15) is 0 Å². The summed E-state index contributed by atoms with van der Waals surface area (Å²) in [5, 5.41) is 0. The molecular weight excluding hydrogens is 184 g/mol. The molecule has 1 nitrogen and oxygen atoms in total. The third-order valence-electron chi connectivity index (χ3n) is 1.78. The number of ether oxygens (including phenoxy) is 1. The van der Waals surface area contributed by atoms with E-state index in [9.17, 15) is 0 Å². The number of hydrogen-bond donors (Lipinski definition) is 0. The lowest BCUT2D eigenvalue weighted by molar-refractivity contribution is 0.126. The summed E-state index contributed by atoms with van der Waals surface area (Å²) in [4.78, 5) is 0. The van der Waals surface area contributed by atoms with E-state index in [1.54, 1.807) is 0 Å². The molecule has 0 saturated carbocycles. The zero-order chi connectivity index (χ0) is 11.9. The van der Waals surface area contributed by atoms with Crippen molar-refractivity contribution < 1.29 is 4.74 Å². The Morgan fingerprint density at radius 3 is 1.33 bits per heavy atom. The van der Waals surface area contributed by atoms with Crippen LogP contribution in [0.5, 0.6) is 0 Å². The lowest BCUT2D eigenvalue weighted by atomic mass is 10.2. The van der Waals surface area contributed by atoms with E-state index in [1.807, 2.05) is 0 Å². The molecule has 0 saturated heterocycles. The van der Waals surface area contributed by atoms with Crippen LogP contribution in [0.25, 0.3) is 0 Å². The first-order chi connectivity index (χ1) is 7.15. The molecule has 0 aromatic rings. The summed E-state index contributed by atoms with van der Waals surface area (Å²) >= 11 is 0. The van der Waals surface area contributed by atoms with Gasteiger partial charge in [0.25, 0.3) is 0 Å². The van der Waals surface area contributed by atoms with Gasteiger partial charge < -0.3 is 4.74 Å². The van der Waals surface area contributed by atoms with Crippen LogP contribution in [-0.2, 0) is 4.74 Å². The molecule has 0 bridgehead atoms. The van der Waals surface area contributed by atoms with E-state index in [2.05, 4.69) is 34.6 Å². The van der Waals surface area contributed by atoms with Crippen LogP contribution < -0.4 is 0 Å². The number of hydrogen-bond acceptors (Lipinski definition) is 1. The normalized spacial score (nSPS) is 10.0. The van der Waals surface area contributed by atoms with Crippen molar-refractivity contribution in [2.75, 3.05) is 13.2 Å². The maximum atomic E-state index is 5.44. The van der Waals surface area contributed by atoms with Crippen LogP contribution in [-0.4, -0.2) is 13.2 Å². The largest absolute Gasteiger partial charge is 0.381 e. The van der Waals surface area contributed by atoms with Gasteiger partial charge in [-0.1, -0.05) is 60.3 Å². The highest BCUT2D eigenvalue weighted by Crippen LogP contribution is 1.97. The van der Waals surface area contributed by atoms with E-state index in [0.29, 0.717) is 0 Å². The van der Waals surface area contributed by atoms with Crippen LogP contribution in [0.4, 0.5) is 0 Å². The first kappa shape index (κ1) is 17.4. The molecule has 0 aliphatic carbocycles. The van der Waals surface area contributed by atoms with Crippen LogP contribution in [0.3, 0.4) is 0 Å². The molecule has 0 fully saturated rings. The fourth-order valence-electron chi connectivity index (χ4n) is 1.01. The summed E-state index contributed by atoms with van der Waals surface area (Å²) in [7, 11) is 0. The van der Waals surface area contributed by atoms with Crippen LogP contribution in [0.1, 0.15) is 73.1 Å². The molecule has 0 radical (unpaired) electrons. The topological polar surface area (TPSA) is 9.23 Å². The quantitative estimate of drug-likeness (QED) is 0.516. The summed E-state index contributed by atoms with van der Waals surface area (Å²) in [6, 6.07) is 0. The van der Waals surface area contributed by atoms with Crippen molar-refractivity contribution >= 4 is 0 Å². The molecule has 1 heteroatoms. The fourth-order valence-corrected chi connectivity index (χ4v) is 1.01. The second kappa shape index (κ2) is 16.4. The minimum absolute atomic E-state index is 0.833. The lowest BCUT2D eigenvalue weighted by Gasteiger charge is -2.01. The Kier molecular flexibility index (Phi) is 19.0. The molecule has 0 spiro atoms. The van der Waals surface area contributed by atoms with Crippen molar-refractivity contribution in [3.8, 4) is 0 Å². The van der Waals surface area contributed by atoms with Gasteiger partial charge in [-0.25, -0.2) is 0 Å². The molecule has 0 rings (SSSR count). The van der Waals surface area contributed by atoms with Gasteiger partial charge in [-0.3, -0.25) is 0 Å². The van der Waals surface area contributed by atoms with Crippen LogP contribution in [0, 0.1) is 5.92 Å². The monoisotopic (exact) mass is 216 g/mol. The van der Waals surface area contributed by atoms with E-state index in [1.165, 1.54) is 38.5 Å². The maximum absolute atomic E-state index is 5.44. The summed E-state index contributed by atoms with van der Waals surface area (Å²) in [5.74, 6) is 0.833. The molecule has 0 atom stereocenters. The van der Waals surface area contributed by atoms with E-state index in [4.69, 9.17) is 4.74 Å². The zero-order valence-corrected chi connectivity index (χ0v) is 11.6. The molecule has 0 aromatic carbocycles. The van der Waals surface area contributed by atoms with E-state index < -0.39 is 0 Å². The summed E-state index contributed by atoms with van der Waals surface area (Å²) in [6.45, 7) is 12.9. The Morgan fingerprint density at radius 1 is 0.733 bits per heavy atom. The predicted molar refractivity (Wildman–Crippen MR) is 70.4 cm³/mol. The number of unbranched alkanes of at least 4 members (excludes halogenated alkanes) is 4. The summed E-state index contributed by atoms with van der Waals surface area (Å²) in [5.41, 5.74) is 0. The highest BCUT2D eigenvalue weighted by molar-refractivity contribution is 4.38. The fraction of sp³-hybridized carbons (Fsp3) is 1.00. The van der Waals surface area contributed by atoms with Crippen molar-refractivity contribution in [1.29, 1.82) is 0 Å². The van der Waals surface area contributed by atoms with Crippen molar-refractivity contribution in [3.63, 3.8) is 0 Å². The molecular formula is C14H32O. The molecule has 0 aromatic heterocycles. The lowest BCUT2D eigenvalue weighted by Crippen LogP contribution is -1.96. The zero-order valence-electron chi connectivity index (χ0n) is 11.6. The standard InChI is InChI=1S/C10H22O.C4H10/c1-3-5-7-9-11-10-8-6-4-2;1-4(2)3/h3-10H2,1-2H3;4H,1-3H3. The Bertz CT molecular complexity index is 78.6. The number of rotatable bonds is 8. The first-order valence-electron chi connectivity index (χ1n) is 6.72. The molecule has 15 heavy (non-hydrogen) atoms. The average Bonchev–Trinajstić information content (AvgIpc) is 2.16. The Morgan fingerprint density at radius 2 is 1.07 bits per heavy atom. The molecule has 0 amide bonds. The predicted octanol–water partition coefficient (Wildman–Crippen LogP) is 5.05. The van der Waals surface area contributed by atoms with Crippen LogP contribution >= 0.6 is 0 Å². The second-order valence-corrected chi connectivity index (χ2v) is 4.76. The van der Waals surface area contributed by atoms with Crippen LogP contribution in [0.15, 0.2) is 0 Å². The van der Waals surface area contributed by atoms with Crippen LogP contribution in [0.2, 0.25) is 0 Å². The minimum atomic E-state index is 0.833. The minimum Gasteiger partial charge on any atom is -0.381 e. The second-order valence-electron chi connectivity index (χ2n) is 4.76. The van der Waals surface area contributed by atoms with Gasteiger partial charge in [-0.05, 0) is 18.8 Å². The third-order valence-corrected chi connectivity index (χ3v) is 1.78. The third kappa shape index (κ3) is 31.5. The van der Waals surface area contributed by atoms with Crippen molar-refractivity contribution in [1.82, 2.24) is 0 Å². The van der Waals surface area contributed by atoms with Gasteiger partial charge in [0.15, 0.2) is 0 Å². The highest BCUT2D eigenvalue weighted by Gasteiger charge is 1.88. The summed E-state index contributed by atoms with van der Waals surface area (Å²) < 4.78 is 5.44. The maximum Gasteiger partial charge on any atom is 0.0466 e. The molecule has 0 heterocycles. The molecule has 0 N–H and O–H groups in total. The molecule has 94 valence electrons. The van der Waals surface area contributed by atoms with Gasteiger partial charge in [0.05, 0.1) is 0 Å². The smallest absolute Gasteiger partial charge is 0.0466 e. The Labute approximate surface area is 97.6 Å². The molecule has 0 unspecified atom stereocenters. The first-order valence-corrected chi connectivity index (χ1v) is 6.72. The van der Waals surface area contributed by atoms with E-state index in [-0.39, 0.29) is 0 Å². The van der Waals surface area contributed by atoms with Gasteiger partial charge in [-0.15, -0.1) is 0 Å². The molecule has 0 aliphatic rings. The van der Waals surface area contributed by atoms with Gasteiger partial charge in [0, 0.05) is 13.2 Å². The Hall–Kier alpha value is -0.0400. The van der Waals surface area contributed by atoms with Gasteiger partial charge in [0.2, 0.25) is 0 Å². The van der Waals surface area contributed by atoms with Crippen molar-refractivity contribution in [2.45, 2.75) is 73.1 Å². The van der Waals surface area contributed by atoms with Gasteiger partial charge >= 0.3 is 0 Å². The molecule has 0 aliphatic heterocycles. The summed E-state index contributed by atoms with van der Waals surface area (Å²) in [6.07, 6.45) is 7.68. The highest BCUT2D eigenvalue weighted by atomic mass is 16.5. The Balaban J connectivity index is 0. The van der Waals surface area contributed by atoms with E-state index in [0.717, 1.165) is 19.1 Å². The van der Waals surface area contributed by atoms with Crippen molar-refractivity contribution in [3.05, 3.63) is 0 Å². The van der Waals surface area contributed by atoms with E-state index >= 15 is 0 Å². The van der Waals surface area contributed by atoms with Crippen molar-refractivity contribution in [2.24, 2.45) is 5.92 Å². The SMILES string of the molecule is CC(C)C.CCCCCOCCCCC. The average molecular weight is 216 g/mol. The van der Waals surface area contributed by atoms with Gasteiger partial charge in [0.1, 0.15) is 0 Å².